The van der Waals surface area contributed by atoms with E-state index >= 15 is 4.39 Å². The van der Waals surface area contributed by atoms with Gasteiger partial charge in [-0.25, -0.2) is 9.18 Å². The van der Waals surface area contributed by atoms with E-state index in [2.05, 4.69) is 77.2 Å². The van der Waals surface area contributed by atoms with E-state index in [0.29, 0.717) is 59.5 Å². The van der Waals surface area contributed by atoms with Crippen LogP contribution in [-0.4, -0.2) is 60.8 Å². The van der Waals surface area contributed by atoms with Crippen LogP contribution in [-0.2, 0) is 5.41 Å². The number of piperazine rings is 1. The quantitative estimate of drug-likeness (QED) is 0.149. The summed E-state index contributed by atoms with van der Waals surface area (Å²) in [7, 11) is -3.22. The molecule has 11 heteroatoms. The van der Waals surface area contributed by atoms with Crippen molar-refractivity contribution >= 4 is 64.5 Å². The summed E-state index contributed by atoms with van der Waals surface area (Å²) >= 11 is 7.75. The van der Waals surface area contributed by atoms with Gasteiger partial charge in [0.2, 0.25) is 0 Å². The second-order valence-corrected chi connectivity index (χ2v) is 20.9. The van der Waals surface area contributed by atoms with Crippen LogP contribution < -0.4 is 25.0 Å². The van der Waals surface area contributed by atoms with E-state index in [9.17, 15) is 9.90 Å². The zero-order valence-electron chi connectivity index (χ0n) is 32.6. The number of hydrogen-bond donors (Lipinski definition) is 2. The van der Waals surface area contributed by atoms with Crippen LogP contribution in [0.2, 0.25) is 10.1 Å². The molecule has 8 nitrogen and oxygen atoms in total. The summed E-state index contributed by atoms with van der Waals surface area (Å²) in [6, 6.07) is 37.3. The fourth-order valence-electron chi connectivity index (χ4n) is 7.83. The third-order valence-electron chi connectivity index (χ3n) is 10.6. The number of amides is 1. The lowest BCUT2D eigenvalue weighted by molar-refractivity contribution is 0.142. The minimum Gasteiger partial charge on any atom is -0.533 e. The molecule has 2 heterocycles. The number of nitrogens with one attached hydrogen (secondary N) is 1. The van der Waals surface area contributed by atoms with E-state index in [-0.39, 0.29) is 10.6 Å². The molecule has 1 aliphatic rings. The average molecular weight is 788 g/mol. The van der Waals surface area contributed by atoms with Gasteiger partial charge in [0.1, 0.15) is 11.6 Å². The van der Waals surface area contributed by atoms with Crippen LogP contribution in [0.1, 0.15) is 47.1 Å². The molecule has 7 rings (SSSR count). The first-order chi connectivity index (χ1) is 26.7. The van der Waals surface area contributed by atoms with Gasteiger partial charge < -0.3 is 24.6 Å². The molecule has 2 N–H and O–H groups in total. The Morgan fingerprint density at radius 3 is 1.89 bits per heavy atom. The van der Waals surface area contributed by atoms with Crippen LogP contribution in [0.25, 0.3) is 21.9 Å². The highest BCUT2D eigenvalue weighted by Crippen LogP contribution is 2.50. The van der Waals surface area contributed by atoms with Crippen LogP contribution >= 0.6 is 11.6 Å². The predicted molar refractivity (Wildman–Crippen MR) is 228 cm³/mol. The third kappa shape index (κ3) is 7.19. The Morgan fingerprint density at radius 1 is 0.786 bits per heavy atom. The first-order valence-corrected chi connectivity index (χ1v) is 21.2. The zero-order valence-corrected chi connectivity index (χ0v) is 34.4. The number of anilines is 3. The van der Waals surface area contributed by atoms with Gasteiger partial charge in [0.25, 0.3) is 0 Å². The van der Waals surface area contributed by atoms with E-state index < -0.39 is 25.6 Å². The van der Waals surface area contributed by atoms with Crippen molar-refractivity contribution in [2.45, 2.75) is 52.0 Å². The van der Waals surface area contributed by atoms with Crippen LogP contribution in [0, 0.1) is 5.82 Å². The molecule has 5 aromatic carbocycles. The summed E-state index contributed by atoms with van der Waals surface area (Å²) in [5.41, 5.74) is 1.85. The van der Waals surface area contributed by atoms with E-state index in [4.69, 9.17) is 26.2 Å². The van der Waals surface area contributed by atoms with Gasteiger partial charge in [0, 0.05) is 48.2 Å². The number of para-hydroxylation sites is 1. The number of rotatable bonds is 8. The third-order valence-corrected chi connectivity index (χ3v) is 15.9. The highest BCUT2D eigenvalue weighted by molar-refractivity contribution is 7.00. The maximum atomic E-state index is 17.1. The maximum Gasteiger partial charge on any atom is 0.407 e. The van der Waals surface area contributed by atoms with Crippen molar-refractivity contribution < 1.29 is 18.7 Å². The maximum absolute atomic E-state index is 17.1. The number of hydrogen-bond acceptors (Lipinski definition) is 6. The normalized spacial score (nSPS) is 13.9. The monoisotopic (exact) mass is 787 g/mol. The number of halogens is 2. The van der Waals surface area contributed by atoms with Crippen LogP contribution in [0.3, 0.4) is 0 Å². The molecular formula is C45H47ClFN5O3Si. The van der Waals surface area contributed by atoms with E-state index in [0.717, 1.165) is 27.0 Å². The summed E-state index contributed by atoms with van der Waals surface area (Å²) in [6.45, 7) is 14.3. The first-order valence-electron chi connectivity index (χ1n) is 18.9. The zero-order chi connectivity index (χ0) is 39.8. The van der Waals surface area contributed by atoms with E-state index in [1.807, 2.05) is 77.7 Å². The largest absolute Gasteiger partial charge is 0.533 e. The molecule has 1 aromatic heterocycles. The van der Waals surface area contributed by atoms with E-state index in [1.54, 1.807) is 6.07 Å². The summed E-state index contributed by atoms with van der Waals surface area (Å²) in [6.07, 6.45) is -0.952. The molecule has 0 unspecified atom stereocenters. The van der Waals surface area contributed by atoms with Gasteiger partial charge >= 0.3 is 14.4 Å². The minimum absolute atomic E-state index is 0.274. The second kappa shape index (κ2) is 15.2. The summed E-state index contributed by atoms with van der Waals surface area (Å²) in [4.78, 5) is 15.2. The molecule has 6 aromatic rings. The van der Waals surface area contributed by atoms with Crippen molar-refractivity contribution in [3.8, 4) is 16.9 Å². The fourth-order valence-corrected chi connectivity index (χ4v) is 12.6. The molecule has 0 bridgehead atoms. The van der Waals surface area contributed by atoms with Crippen molar-refractivity contribution in [1.82, 2.24) is 15.1 Å². The van der Waals surface area contributed by atoms with Gasteiger partial charge in [-0.3, -0.25) is 0 Å². The smallest absolute Gasteiger partial charge is 0.407 e. The fraction of sp³-hybridized carbons (Fsp3) is 0.267. The van der Waals surface area contributed by atoms with Gasteiger partial charge in [0.05, 0.1) is 10.6 Å². The molecule has 0 saturated carbocycles. The van der Waals surface area contributed by atoms with Crippen molar-refractivity contribution in [2.24, 2.45) is 0 Å². The lowest BCUT2D eigenvalue weighted by Gasteiger charge is -2.43. The highest BCUT2D eigenvalue weighted by atomic mass is 35.5. The molecule has 1 fully saturated rings. The summed E-state index contributed by atoms with van der Waals surface area (Å²) < 4.78 is 24.6. The number of nitrogens with zero attached hydrogens (tertiary/aromatic N) is 4. The topological polar surface area (TPSA) is 90.8 Å². The van der Waals surface area contributed by atoms with Crippen molar-refractivity contribution in [2.75, 3.05) is 36.4 Å². The predicted octanol–water partition coefficient (Wildman–Crippen LogP) is 9.87. The van der Waals surface area contributed by atoms with Gasteiger partial charge in [-0.05, 0) is 56.7 Å². The van der Waals surface area contributed by atoms with Crippen molar-refractivity contribution in [3.63, 3.8) is 0 Å². The standard InChI is InChI=1S/C45H47ClFN5O3Si/c1-44(2,3)34-29-33-37(41(48-30-17-10-7-11-18-30)49-50-42(33)51-25-27-52(28-26-51)43(53)54)40(46)38(34)39-35(47)23-16-24-36(39)55-56(45(4,5)6,31-19-12-8-13-20-31)32-21-14-9-15-22-32/h7-24,29H,25-28H2,1-6H3,(H,48,49)(H,53,54). The molecule has 56 heavy (non-hydrogen) atoms. The molecule has 0 spiro atoms. The lowest BCUT2D eigenvalue weighted by Crippen LogP contribution is -2.68. The Hall–Kier alpha value is -5.45. The molecule has 0 aliphatic carbocycles. The lowest BCUT2D eigenvalue weighted by atomic mass is 9.80. The number of aromatic nitrogens is 2. The van der Waals surface area contributed by atoms with Gasteiger partial charge in [-0.15, -0.1) is 10.2 Å². The second-order valence-electron chi connectivity index (χ2n) is 16.3. The number of carboxylic acid groups (broad SMARTS) is 1. The first kappa shape index (κ1) is 38.8. The number of benzene rings is 5. The Labute approximate surface area is 334 Å². The Bertz CT molecular complexity index is 2320. The average Bonchev–Trinajstić information content (AvgIpc) is 3.17. The number of carbonyl (C=O) groups is 1. The van der Waals surface area contributed by atoms with Gasteiger partial charge in [0.15, 0.2) is 11.6 Å². The number of fused-ring (bicyclic) bond motifs is 1. The van der Waals surface area contributed by atoms with Crippen LogP contribution in [0.4, 0.5) is 26.5 Å². The summed E-state index contributed by atoms with van der Waals surface area (Å²) in [5.74, 6) is 0.934. The van der Waals surface area contributed by atoms with Crippen LogP contribution in [0.15, 0.2) is 115 Å². The molecular weight excluding hydrogens is 741 g/mol. The molecule has 0 atom stereocenters. The highest BCUT2D eigenvalue weighted by Gasteiger charge is 2.52. The molecule has 1 amide bonds. The molecule has 0 radical (unpaired) electrons. The Kier molecular flexibility index (Phi) is 10.6. The minimum atomic E-state index is -3.22. The molecule has 1 saturated heterocycles. The SMILES string of the molecule is CC(C)(C)c1cc2c(N3CCN(C(=O)O)CC3)nnc(Nc3ccccc3)c2c(Cl)c1-c1c(F)cccc1O[Si](c1ccccc1)(c1ccccc1)C(C)(C)C. The Morgan fingerprint density at radius 2 is 1.36 bits per heavy atom. The van der Waals surface area contributed by atoms with Crippen molar-refractivity contribution in [3.05, 3.63) is 132 Å². The molecule has 1 aliphatic heterocycles. The molecule has 288 valence electrons. The van der Waals surface area contributed by atoms with Crippen LogP contribution in [0.5, 0.6) is 5.75 Å². The van der Waals surface area contributed by atoms with Gasteiger partial charge in [-0.2, -0.15) is 0 Å². The van der Waals surface area contributed by atoms with E-state index in [1.165, 1.54) is 11.0 Å². The van der Waals surface area contributed by atoms with Gasteiger partial charge in [-0.1, -0.05) is 138 Å². The van der Waals surface area contributed by atoms with Crippen molar-refractivity contribution in [1.29, 1.82) is 0 Å². The summed E-state index contributed by atoms with van der Waals surface area (Å²) in [5, 5.41) is 25.9. The Balaban J connectivity index is 1.52.